The van der Waals surface area contributed by atoms with Crippen molar-refractivity contribution >= 4 is 29.1 Å². The van der Waals surface area contributed by atoms with E-state index in [9.17, 15) is 4.79 Å². The average molecular weight is 410 g/mol. The van der Waals surface area contributed by atoms with Crippen LogP contribution in [0.1, 0.15) is 56.0 Å². The molecule has 0 aliphatic carbocycles. The van der Waals surface area contributed by atoms with Crippen LogP contribution in [0.15, 0.2) is 18.2 Å². The fraction of sp³-hybridized carbons (Fsp3) is 0.526. The van der Waals surface area contributed by atoms with Gasteiger partial charge in [-0.2, -0.15) is 0 Å². The van der Waals surface area contributed by atoms with E-state index in [0.29, 0.717) is 21.6 Å². The van der Waals surface area contributed by atoms with Crippen molar-refractivity contribution in [3.05, 3.63) is 39.9 Å². The van der Waals surface area contributed by atoms with Gasteiger partial charge in [-0.05, 0) is 31.5 Å². The molecule has 1 saturated heterocycles. The minimum atomic E-state index is -0.256. The molecule has 1 aliphatic heterocycles. The average Bonchev–Trinajstić information content (AvgIpc) is 3.07. The van der Waals surface area contributed by atoms with E-state index in [1.165, 1.54) is 0 Å². The Labute approximate surface area is 169 Å². The van der Waals surface area contributed by atoms with Crippen molar-refractivity contribution in [2.24, 2.45) is 0 Å². The molecule has 3 rings (SSSR count). The van der Waals surface area contributed by atoms with Crippen molar-refractivity contribution in [3.63, 3.8) is 0 Å². The molecule has 146 valence electrons. The van der Waals surface area contributed by atoms with Crippen LogP contribution in [0.3, 0.4) is 0 Å². The first-order valence-corrected chi connectivity index (χ1v) is 10.1. The minimum Gasteiger partial charge on any atom is -0.346 e. The summed E-state index contributed by atoms with van der Waals surface area (Å²) in [6.07, 6.45) is 1.88. The Morgan fingerprint density at radius 1 is 1.26 bits per heavy atom. The first-order valence-electron chi connectivity index (χ1n) is 9.35. The number of hydrogen-bond donors (Lipinski definition) is 1. The van der Waals surface area contributed by atoms with Crippen molar-refractivity contribution in [2.75, 3.05) is 19.6 Å². The Bertz CT molecular complexity index is 792. The third kappa shape index (κ3) is 4.45. The molecule has 1 aromatic heterocycles. The molecule has 0 radical (unpaired) electrons. The highest BCUT2D eigenvalue weighted by atomic mass is 35.5. The van der Waals surface area contributed by atoms with Gasteiger partial charge in [0.2, 0.25) is 5.82 Å². The number of carbonyl (C=O) groups excluding carboxylic acids is 1. The zero-order valence-electron chi connectivity index (χ0n) is 15.9. The lowest BCUT2D eigenvalue weighted by Gasteiger charge is -2.31. The van der Waals surface area contributed by atoms with Gasteiger partial charge in [-0.15, -0.1) is 5.10 Å². The summed E-state index contributed by atoms with van der Waals surface area (Å²) in [4.78, 5) is 19.6. The molecule has 1 N–H and O–H groups in total. The molecule has 0 spiro atoms. The normalized spacial score (nSPS) is 16.1. The van der Waals surface area contributed by atoms with Crippen molar-refractivity contribution in [3.8, 4) is 5.69 Å². The Hall–Kier alpha value is -1.63. The Balaban J connectivity index is 1.84. The number of amides is 1. The minimum absolute atomic E-state index is 0.0548. The van der Waals surface area contributed by atoms with Gasteiger partial charge in [0.15, 0.2) is 0 Å². The smallest absolute Gasteiger partial charge is 0.291 e. The Morgan fingerprint density at radius 2 is 1.89 bits per heavy atom. The monoisotopic (exact) mass is 409 g/mol. The molecular weight excluding hydrogens is 385 g/mol. The van der Waals surface area contributed by atoms with Crippen LogP contribution in [0.5, 0.6) is 0 Å². The van der Waals surface area contributed by atoms with Gasteiger partial charge in [-0.3, -0.25) is 4.79 Å². The zero-order valence-corrected chi connectivity index (χ0v) is 17.4. The molecule has 27 heavy (non-hydrogen) atoms. The summed E-state index contributed by atoms with van der Waals surface area (Å²) in [7, 11) is 0. The molecule has 1 fully saturated rings. The number of benzene rings is 1. The summed E-state index contributed by atoms with van der Waals surface area (Å²) >= 11 is 12.7. The molecule has 0 unspecified atom stereocenters. The number of aromatic nitrogens is 3. The molecule has 2 heterocycles. The number of carbonyl (C=O) groups is 1. The third-order valence-corrected chi connectivity index (χ3v) is 5.48. The number of halogens is 2. The molecule has 1 aromatic carbocycles. The topological polar surface area (TPSA) is 63.1 Å². The van der Waals surface area contributed by atoms with Gasteiger partial charge in [0, 0.05) is 25.0 Å². The maximum Gasteiger partial charge on any atom is 0.291 e. The Morgan fingerprint density at radius 3 is 2.44 bits per heavy atom. The van der Waals surface area contributed by atoms with E-state index in [1.54, 1.807) is 22.9 Å². The second-order valence-corrected chi connectivity index (χ2v) is 7.93. The van der Waals surface area contributed by atoms with E-state index in [-0.39, 0.29) is 23.7 Å². The second-order valence-electron chi connectivity index (χ2n) is 7.11. The highest BCUT2D eigenvalue weighted by Crippen LogP contribution is 2.30. The lowest BCUT2D eigenvalue weighted by atomic mass is 10.1. The number of hydrogen-bond acceptors (Lipinski definition) is 4. The summed E-state index contributed by atoms with van der Waals surface area (Å²) in [5.41, 5.74) is 0.548. The van der Waals surface area contributed by atoms with E-state index < -0.39 is 0 Å². The van der Waals surface area contributed by atoms with Gasteiger partial charge in [-0.25, -0.2) is 9.67 Å². The number of likely N-dealkylation sites (tertiary alicyclic amines) is 1. The maximum atomic E-state index is 12.7. The SMILES string of the molecule is CCN1CCC(NC(=O)c2nc(C(C)C)n(-c3c(Cl)cccc3Cl)n2)CC1. The summed E-state index contributed by atoms with van der Waals surface area (Å²) in [6, 6.07) is 5.42. The van der Waals surface area contributed by atoms with E-state index in [0.717, 1.165) is 32.5 Å². The van der Waals surface area contributed by atoms with Crippen LogP contribution in [0.2, 0.25) is 10.0 Å². The summed E-state index contributed by atoms with van der Waals surface area (Å²) < 4.78 is 1.59. The van der Waals surface area contributed by atoms with Crippen LogP contribution in [-0.4, -0.2) is 51.2 Å². The fourth-order valence-electron chi connectivity index (χ4n) is 3.29. The molecule has 6 nitrogen and oxygen atoms in total. The van der Waals surface area contributed by atoms with Crippen molar-refractivity contribution in [2.45, 2.75) is 45.6 Å². The van der Waals surface area contributed by atoms with E-state index >= 15 is 0 Å². The largest absolute Gasteiger partial charge is 0.346 e. The predicted molar refractivity (Wildman–Crippen MR) is 108 cm³/mol. The van der Waals surface area contributed by atoms with E-state index in [4.69, 9.17) is 23.2 Å². The van der Waals surface area contributed by atoms with Crippen molar-refractivity contribution < 1.29 is 4.79 Å². The fourth-order valence-corrected chi connectivity index (χ4v) is 3.85. The maximum absolute atomic E-state index is 12.7. The summed E-state index contributed by atoms with van der Waals surface area (Å²) in [6.45, 7) is 9.18. The molecular formula is C19H25Cl2N5O. The van der Waals surface area contributed by atoms with Crippen LogP contribution in [-0.2, 0) is 0 Å². The third-order valence-electron chi connectivity index (χ3n) is 4.87. The summed E-state index contributed by atoms with van der Waals surface area (Å²) in [5.74, 6) is 0.594. The molecule has 0 bridgehead atoms. The first-order chi connectivity index (χ1) is 12.9. The predicted octanol–water partition coefficient (Wildman–Crippen LogP) is 3.91. The van der Waals surface area contributed by atoms with Gasteiger partial charge in [-0.1, -0.05) is 50.0 Å². The van der Waals surface area contributed by atoms with Gasteiger partial charge < -0.3 is 10.2 Å². The number of nitrogens with one attached hydrogen (secondary N) is 1. The highest BCUT2D eigenvalue weighted by Gasteiger charge is 2.25. The quantitative estimate of drug-likeness (QED) is 0.812. The molecule has 1 aliphatic rings. The first kappa shape index (κ1) is 20.1. The van der Waals surface area contributed by atoms with E-state index in [1.807, 2.05) is 13.8 Å². The number of piperidine rings is 1. The highest BCUT2D eigenvalue weighted by molar-refractivity contribution is 6.37. The molecule has 0 saturated carbocycles. The Kier molecular flexibility index (Phi) is 6.40. The summed E-state index contributed by atoms with van der Waals surface area (Å²) in [5, 5.41) is 8.44. The number of rotatable bonds is 5. The second kappa shape index (κ2) is 8.59. The lowest BCUT2D eigenvalue weighted by Crippen LogP contribution is -2.44. The van der Waals surface area contributed by atoms with Crippen molar-refractivity contribution in [1.29, 1.82) is 0 Å². The number of nitrogens with zero attached hydrogens (tertiary/aromatic N) is 4. The van der Waals surface area contributed by atoms with Crippen LogP contribution in [0.25, 0.3) is 5.69 Å². The van der Waals surface area contributed by atoms with Crippen molar-refractivity contribution in [1.82, 2.24) is 25.0 Å². The zero-order chi connectivity index (χ0) is 19.6. The molecule has 2 aromatic rings. The van der Waals surface area contributed by atoms with Gasteiger partial charge in [0.05, 0.1) is 10.0 Å². The molecule has 1 amide bonds. The standard InChI is InChI=1S/C19H25Cl2N5O/c1-4-25-10-8-13(9-11-25)22-19(27)17-23-18(12(2)3)26(24-17)16-14(20)6-5-7-15(16)21/h5-7,12-13H,4,8-11H2,1-3H3,(H,22,27). The lowest BCUT2D eigenvalue weighted by molar-refractivity contribution is 0.0902. The van der Waals surface area contributed by atoms with Crippen LogP contribution in [0.4, 0.5) is 0 Å². The van der Waals surface area contributed by atoms with Crippen LogP contribution in [0, 0.1) is 0 Å². The number of para-hydroxylation sites is 1. The molecule has 0 atom stereocenters. The molecule has 8 heteroatoms. The van der Waals surface area contributed by atoms with Crippen LogP contribution >= 0.6 is 23.2 Å². The van der Waals surface area contributed by atoms with Gasteiger partial charge in [0.25, 0.3) is 5.91 Å². The van der Waals surface area contributed by atoms with E-state index in [2.05, 4.69) is 27.2 Å². The van der Waals surface area contributed by atoms with Crippen LogP contribution < -0.4 is 5.32 Å². The van der Waals surface area contributed by atoms with Gasteiger partial charge >= 0.3 is 0 Å². The van der Waals surface area contributed by atoms with Gasteiger partial charge in [0.1, 0.15) is 11.5 Å².